The van der Waals surface area contributed by atoms with Crippen LogP contribution in [-0.2, 0) is 23.7 Å². The van der Waals surface area contributed by atoms with Gasteiger partial charge in [0.2, 0.25) is 6.41 Å². The third kappa shape index (κ3) is 8.86. The molecule has 6 nitrogen and oxygen atoms in total. The van der Waals surface area contributed by atoms with Gasteiger partial charge in [0.15, 0.2) is 6.61 Å². The summed E-state index contributed by atoms with van der Waals surface area (Å²) in [6.45, 7) is 1.90. The highest BCUT2D eigenvalue weighted by atomic mass is 19.3. The molecule has 0 fully saturated rings. The number of benzene rings is 4. The van der Waals surface area contributed by atoms with Gasteiger partial charge in [-0.25, -0.2) is 0 Å². The van der Waals surface area contributed by atoms with E-state index in [0.29, 0.717) is 48.7 Å². The Hall–Kier alpha value is -4.27. The Morgan fingerprint density at radius 1 is 0.878 bits per heavy atom. The number of aliphatic hydroxyl groups is 1. The van der Waals surface area contributed by atoms with Gasteiger partial charge in [-0.1, -0.05) is 78.9 Å². The Labute approximate surface area is 239 Å². The number of ether oxygens (including phenoxy) is 2. The van der Waals surface area contributed by atoms with E-state index in [0.717, 1.165) is 11.1 Å². The topological polar surface area (TPSA) is 79.8 Å². The summed E-state index contributed by atoms with van der Waals surface area (Å²) in [6.07, 6.45) is 0.430. The Balaban J connectivity index is 1.26. The van der Waals surface area contributed by atoms with Crippen molar-refractivity contribution >= 4 is 12.1 Å². The van der Waals surface area contributed by atoms with Crippen LogP contribution in [0.5, 0.6) is 11.5 Å². The summed E-state index contributed by atoms with van der Waals surface area (Å²) in [4.78, 5) is 11.1. The molecule has 3 N–H and O–H groups in total. The number of carbonyl (C=O) groups is 1. The lowest BCUT2D eigenvalue weighted by Gasteiger charge is -2.19. The lowest BCUT2D eigenvalue weighted by molar-refractivity contribution is -0.105. The zero-order chi connectivity index (χ0) is 29.1. The second-order valence-corrected chi connectivity index (χ2v) is 9.82. The number of alkyl halides is 2. The van der Waals surface area contributed by atoms with Gasteiger partial charge in [0, 0.05) is 18.2 Å². The van der Waals surface area contributed by atoms with E-state index < -0.39 is 18.6 Å². The molecule has 0 spiro atoms. The van der Waals surface area contributed by atoms with E-state index >= 15 is 0 Å². The van der Waals surface area contributed by atoms with Crippen LogP contribution >= 0.6 is 0 Å². The largest absolute Gasteiger partial charge is 0.487 e. The summed E-state index contributed by atoms with van der Waals surface area (Å²) in [5.41, 5.74) is 3.03. The number of rotatable bonds is 15. The number of nitrogens with one attached hydrogen (secondary N) is 2. The molecule has 0 bridgehead atoms. The predicted molar refractivity (Wildman–Crippen MR) is 155 cm³/mol. The van der Waals surface area contributed by atoms with Gasteiger partial charge in [0.1, 0.15) is 18.1 Å². The molecule has 0 unspecified atom stereocenters. The molecule has 4 aromatic carbocycles. The SMILES string of the molecule is C[C@H](Cc1ccc(OCC(F)(F)c2ccccc2)cc1)NC[C@H](O)c1ccc(OCc2ccccc2)c(NC=O)c1. The zero-order valence-electron chi connectivity index (χ0n) is 22.8. The predicted octanol–water partition coefficient (Wildman–Crippen LogP) is 6.26. The number of anilines is 1. The fraction of sp³-hybridized carbons (Fsp3) is 0.242. The first kappa shape index (κ1) is 29.7. The first-order chi connectivity index (χ1) is 19.8. The smallest absolute Gasteiger partial charge is 0.306 e. The molecule has 41 heavy (non-hydrogen) atoms. The second kappa shape index (κ2) is 14.4. The third-order valence-corrected chi connectivity index (χ3v) is 6.58. The molecule has 0 aromatic heterocycles. The van der Waals surface area contributed by atoms with E-state index in [1.807, 2.05) is 49.4 Å². The number of amides is 1. The minimum Gasteiger partial charge on any atom is -0.487 e. The van der Waals surface area contributed by atoms with Crippen LogP contribution in [0.4, 0.5) is 14.5 Å². The van der Waals surface area contributed by atoms with Crippen LogP contribution in [0.15, 0.2) is 103 Å². The number of carbonyl (C=O) groups excluding carboxylic acids is 1. The van der Waals surface area contributed by atoms with Gasteiger partial charge >= 0.3 is 5.92 Å². The monoisotopic (exact) mass is 560 g/mol. The minimum absolute atomic E-state index is 0.0277. The van der Waals surface area contributed by atoms with Gasteiger partial charge in [0.05, 0.1) is 11.8 Å². The fourth-order valence-electron chi connectivity index (χ4n) is 4.31. The van der Waals surface area contributed by atoms with Gasteiger partial charge < -0.3 is 25.2 Å². The molecule has 0 radical (unpaired) electrons. The molecule has 1 amide bonds. The highest BCUT2D eigenvalue weighted by Crippen LogP contribution is 2.30. The molecule has 0 saturated carbocycles. The number of halogens is 2. The van der Waals surface area contributed by atoms with Crippen LogP contribution in [0.3, 0.4) is 0 Å². The van der Waals surface area contributed by atoms with Gasteiger partial charge in [-0.05, 0) is 54.3 Å². The van der Waals surface area contributed by atoms with Crippen LogP contribution in [0.25, 0.3) is 0 Å². The van der Waals surface area contributed by atoms with Crippen LogP contribution in [0.1, 0.15) is 35.3 Å². The van der Waals surface area contributed by atoms with Crippen molar-refractivity contribution < 1.29 is 28.2 Å². The van der Waals surface area contributed by atoms with Gasteiger partial charge in [-0.2, -0.15) is 8.78 Å². The molecule has 0 aliphatic rings. The van der Waals surface area contributed by atoms with E-state index in [1.165, 1.54) is 12.1 Å². The van der Waals surface area contributed by atoms with Crippen LogP contribution < -0.4 is 20.1 Å². The van der Waals surface area contributed by atoms with E-state index in [1.54, 1.807) is 48.5 Å². The summed E-state index contributed by atoms with van der Waals surface area (Å²) in [7, 11) is 0. The average molecular weight is 561 g/mol. The molecule has 4 rings (SSSR count). The molecule has 214 valence electrons. The first-order valence-corrected chi connectivity index (χ1v) is 13.4. The fourth-order valence-corrected chi connectivity index (χ4v) is 4.31. The Morgan fingerprint density at radius 3 is 2.24 bits per heavy atom. The first-order valence-electron chi connectivity index (χ1n) is 13.4. The second-order valence-electron chi connectivity index (χ2n) is 9.82. The van der Waals surface area contributed by atoms with Crippen molar-refractivity contribution in [3.8, 4) is 11.5 Å². The van der Waals surface area contributed by atoms with Crippen LogP contribution in [-0.4, -0.2) is 30.7 Å². The summed E-state index contributed by atoms with van der Waals surface area (Å²) < 4.78 is 40.0. The van der Waals surface area contributed by atoms with Crippen molar-refractivity contribution in [2.45, 2.75) is 38.0 Å². The van der Waals surface area contributed by atoms with E-state index in [2.05, 4.69) is 10.6 Å². The summed E-state index contributed by atoms with van der Waals surface area (Å²) in [6, 6.07) is 29.6. The molecule has 0 aliphatic carbocycles. The molecule has 0 saturated heterocycles. The maximum absolute atomic E-state index is 14.4. The van der Waals surface area contributed by atoms with Crippen molar-refractivity contribution in [2.24, 2.45) is 0 Å². The Morgan fingerprint density at radius 2 is 1.56 bits per heavy atom. The zero-order valence-corrected chi connectivity index (χ0v) is 22.8. The van der Waals surface area contributed by atoms with Crippen molar-refractivity contribution in [1.82, 2.24) is 5.32 Å². The summed E-state index contributed by atoms with van der Waals surface area (Å²) in [5, 5.41) is 16.7. The van der Waals surface area contributed by atoms with E-state index in [-0.39, 0.29) is 11.6 Å². The Kier molecular flexibility index (Phi) is 10.4. The maximum atomic E-state index is 14.4. The summed E-state index contributed by atoms with van der Waals surface area (Å²) in [5.74, 6) is -2.20. The highest BCUT2D eigenvalue weighted by molar-refractivity contribution is 5.76. The quantitative estimate of drug-likeness (QED) is 0.150. The lowest BCUT2D eigenvalue weighted by atomic mass is 10.1. The number of hydrogen-bond acceptors (Lipinski definition) is 5. The minimum atomic E-state index is -3.08. The molecule has 8 heteroatoms. The van der Waals surface area contributed by atoms with Gasteiger partial charge in [0.25, 0.3) is 0 Å². The molecule has 2 atom stereocenters. The molecular weight excluding hydrogens is 526 g/mol. The third-order valence-electron chi connectivity index (χ3n) is 6.58. The lowest BCUT2D eigenvalue weighted by Crippen LogP contribution is -2.32. The average Bonchev–Trinajstić information content (AvgIpc) is 3.00. The van der Waals surface area contributed by atoms with Crippen LogP contribution in [0, 0.1) is 0 Å². The standard InChI is InChI=1S/C33H34F2N2O4/c1-24(18-25-12-15-29(16-13-25)41-22-33(34,35)28-10-6-3-7-11-28)36-20-31(39)27-14-17-32(30(19-27)37-23-38)40-21-26-8-4-2-5-9-26/h2-17,19,23-24,31,36,39H,18,20-22H2,1H3,(H,37,38)/t24-,31+/m1/s1. The van der Waals surface area contributed by atoms with Crippen LogP contribution in [0.2, 0.25) is 0 Å². The van der Waals surface area contributed by atoms with Crippen molar-refractivity contribution in [3.05, 3.63) is 125 Å². The normalized spacial score (nSPS) is 12.8. The van der Waals surface area contributed by atoms with E-state index in [4.69, 9.17) is 9.47 Å². The summed E-state index contributed by atoms with van der Waals surface area (Å²) >= 11 is 0. The Bertz CT molecular complexity index is 1370. The molecule has 0 aliphatic heterocycles. The molecular formula is C33H34F2N2O4. The number of aliphatic hydroxyl groups excluding tert-OH is 1. The maximum Gasteiger partial charge on any atom is 0.306 e. The highest BCUT2D eigenvalue weighted by Gasteiger charge is 2.32. The van der Waals surface area contributed by atoms with Gasteiger partial charge in [-0.3, -0.25) is 4.79 Å². The molecule has 4 aromatic rings. The van der Waals surface area contributed by atoms with Crippen molar-refractivity contribution in [2.75, 3.05) is 18.5 Å². The van der Waals surface area contributed by atoms with Crippen molar-refractivity contribution in [3.63, 3.8) is 0 Å². The number of hydrogen-bond donors (Lipinski definition) is 3. The van der Waals surface area contributed by atoms with Crippen molar-refractivity contribution in [1.29, 1.82) is 0 Å². The molecule has 0 heterocycles. The van der Waals surface area contributed by atoms with E-state index in [9.17, 15) is 18.7 Å². The van der Waals surface area contributed by atoms with Gasteiger partial charge in [-0.15, -0.1) is 0 Å².